The van der Waals surface area contributed by atoms with Gasteiger partial charge in [-0.3, -0.25) is 4.79 Å². The maximum Gasteiger partial charge on any atom is 0.138 e. The monoisotopic (exact) mass is 181 g/mol. The number of Topliss-reactive ketones (excluding diaryl/α,β-unsaturated/α-hetero) is 1. The van der Waals surface area contributed by atoms with Crippen molar-refractivity contribution in [2.75, 3.05) is 0 Å². The van der Waals surface area contributed by atoms with Gasteiger partial charge in [0.2, 0.25) is 0 Å². The third kappa shape index (κ3) is 4.67. The lowest BCUT2D eigenvalue weighted by Gasteiger charge is -2.15. The van der Waals surface area contributed by atoms with Crippen LogP contribution in [-0.2, 0) is 4.79 Å². The summed E-state index contributed by atoms with van der Waals surface area (Å²) in [6, 6.07) is 2.10. The van der Waals surface area contributed by atoms with E-state index in [1.807, 2.05) is 13.8 Å². The van der Waals surface area contributed by atoms with Crippen LogP contribution in [0.3, 0.4) is 0 Å². The Labute approximate surface area is 80.9 Å². The van der Waals surface area contributed by atoms with Gasteiger partial charge in [-0.05, 0) is 12.8 Å². The quantitative estimate of drug-likeness (QED) is 0.632. The molecule has 1 atom stereocenters. The summed E-state index contributed by atoms with van der Waals surface area (Å²) in [4.78, 5) is 11.6. The first-order chi connectivity index (χ1) is 6.13. The van der Waals surface area contributed by atoms with Crippen LogP contribution < -0.4 is 0 Å². The molecule has 2 heteroatoms. The fraction of sp³-hybridized carbons (Fsp3) is 0.818. The summed E-state index contributed by atoms with van der Waals surface area (Å²) in [5.74, 6) is 0.539. The summed E-state index contributed by atoms with van der Waals surface area (Å²) in [7, 11) is 0. The highest BCUT2D eigenvalue weighted by atomic mass is 16.1. The first-order valence-electron chi connectivity index (χ1n) is 5.04. The third-order valence-corrected chi connectivity index (χ3v) is 2.21. The van der Waals surface area contributed by atoms with Crippen molar-refractivity contribution >= 4 is 5.78 Å². The van der Waals surface area contributed by atoms with Crippen molar-refractivity contribution in [2.24, 2.45) is 11.8 Å². The molecule has 0 aliphatic heterocycles. The number of hydrogen-bond donors (Lipinski definition) is 0. The molecule has 1 unspecified atom stereocenters. The second kappa shape index (κ2) is 6.65. The Morgan fingerprint density at radius 2 is 2.00 bits per heavy atom. The summed E-state index contributed by atoms with van der Waals surface area (Å²) in [6.07, 6.45) is 3.19. The van der Waals surface area contributed by atoms with E-state index < -0.39 is 0 Å². The number of ketones is 1. The Morgan fingerprint density at radius 3 is 2.38 bits per heavy atom. The number of carbonyl (C=O) groups is 1. The highest BCUT2D eigenvalue weighted by Gasteiger charge is 2.19. The highest BCUT2D eigenvalue weighted by molar-refractivity contribution is 5.82. The zero-order valence-corrected chi connectivity index (χ0v) is 8.84. The molecule has 0 N–H and O–H groups in total. The minimum absolute atomic E-state index is 0.107. The molecule has 0 spiro atoms. The normalized spacial score (nSPS) is 12.5. The molecule has 0 rings (SSSR count). The molecule has 0 aliphatic rings. The number of rotatable bonds is 6. The highest BCUT2D eigenvalue weighted by Crippen LogP contribution is 2.18. The van der Waals surface area contributed by atoms with E-state index in [1.54, 1.807) is 0 Å². The van der Waals surface area contributed by atoms with E-state index in [-0.39, 0.29) is 11.8 Å². The molecule has 0 aromatic carbocycles. The van der Waals surface area contributed by atoms with Crippen LogP contribution in [-0.4, -0.2) is 5.78 Å². The summed E-state index contributed by atoms with van der Waals surface area (Å²) in [6.45, 7) is 5.93. The zero-order valence-electron chi connectivity index (χ0n) is 8.84. The van der Waals surface area contributed by atoms with Crippen molar-refractivity contribution in [3.63, 3.8) is 0 Å². The van der Waals surface area contributed by atoms with E-state index in [2.05, 4.69) is 13.0 Å². The number of carbonyl (C=O) groups excluding carboxylic acids is 1. The zero-order chi connectivity index (χ0) is 10.3. The predicted molar refractivity (Wildman–Crippen MR) is 53.1 cm³/mol. The van der Waals surface area contributed by atoms with Crippen molar-refractivity contribution in [3.05, 3.63) is 0 Å². The Hall–Kier alpha value is -0.840. The third-order valence-electron chi connectivity index (χ3n) is 2.21. The van der Waals surface area contributed by atoms with E-state index in [4.69, 9.17) is 5.26 Å². The van der Waals surface area contributed by atoms with Crippen LogP contribution in [0.5, 0.6) is 0 Å². The average Bonchev–Trinajstić information content (AvgIpc) is 2.11. The van der Waals surface area contributed by atoms with E-state index in [0.29, 0.717) is 12.2 Å². The number of hydrogen-bond acceptors (Lipinski definition) is 2. The lowest BCUT2D eigenvalue weighted by molar-refractivity contribution is -0.126. The lowest BCUT2D eigenvalue weighted by atomic mass is 9.88. The smallest absolute Gasteiger partial charge is 0.138 e. The van der Waals surface area contributed by atoms with Crippen molar-refractivity contribution in [2.45, 2.75) is 46.5 Å². The van der Waals surface area contributed by atoms with E-state index in [9.17, 15) is 4.79 Å². The maximum absolute atomic E-state index is 11.6. The molecule has 0 saturated heterocycles. The van der Waals surface area contributed by atoms with Gasteiger partial charge in [-0.15, -0.1) is 0 Å². The predicted octanol–water partition coefficient (Wildman–Crippen LogP) is 2.93. The van der Waals surface area contributed by atoms with Crippen LogP contribution >= 0.6 is 0 Å². The first kappa shape index (κ1) is 12.2. The van der Waals surface area contributed by atoms with Gasteiger partial charge in [-0.1, -0.05) is 27.2 Å². The topological polar surface area (TPSA) is 40.9 Å². The maximum atomic E-state index is 11.6. The number of nitrogens with zero attached hydrogens (tertiary/aromatic N) is 1. The van der Waals surface area contributed by atoms with Gasteiger partial charge in [-0.2, -0.15) is 5.26 Å². The van der Waals surface area contributed by atoms with Gasteiger partial charge in [0, 0.05) is 18.3 Å². The molecule has 0 aromatic rings. The van der Waals surface area contributed by atoms with E-state index in [1.165, 1.54) is 0 Å². The van der Waals surface area contributed by atoms with Crippen LogP contribution in [0.4, 0.5) is 0 Å². The molecule has 0 heterocycles. The van der Waals surface area contributed by atoms with Crippen molar-refractivity contribution in [1.82, 2.24) is 0 Å². The first-order valence-corrected chi connectivity index (χ1v) is 5.04. The van der Waals surface area contributed by atoms with Gasteiger partial charge in [0.25, 0.3) is 0 Å². The lowest BCUT2D eigenvalue weighted by Crippen LogP contribution is -2.19. The molecule has 13 heavy (non-hydrogen) atoms. The molecule has 0 fully saturated rings. The van der Waals surface area contributed by atoms with Gasteiger partial charge < -0.3 is 0 Å². The molecular formula is C11H19NO. The van der Waals surface area contributed by atoms with E-state index in [0.717, 1.165) is 19.3 Å². The van der Waals surface area contributed by atoms with Crippen LogP contribution in [0.1, 0.15) is 46.5 Å². The molecule has 0 radical (unpaired) electrons. The Morgan fingerprint density at radius 1 is 1.38 bits per heavy atom. The molecule has 2 nitrogen and oxygen atoms in total. The molecule has 0 aromatic heterocycles. The molecule has 0 bridgehead atoms. The molecule has 74 valence electrons. The fourth-order valence-electron chi connectivity index (χ4n) is 1.49. The molecule has 0 amide bonds. The van der Waals surface area contributed by atoms with Crippen molar-refractivity contribution in [3.8, 4) is 6.07 Å². The Balaban J connectivity index is 4.08. The summed E-state index contributed by atoms with van der Waals surface area (Å²) >= 11 is 0. The van der Waals surface area contributed by atoms with Gasteiger partial charge in [-0.25, -0.2) is 0 Å². The molecule has 0 aliphatic carbocycles. The summed E-state index contributed by atoms with van der Waals surface area (Å²) < 4.78 is 0. The minimum atomic E-state index is 0.107. The fourth-order valence-corrected chi connectivity index (χ4v) is 1.49. The number of nitriles is 1. The van der Waals surface area contributed by atoms with Crippen LogP contribution in [0.2, 0.25) is 0 Å². The Bertz CT molecular complexity index is 191. The van der Waals surface area contributed by atoms with Gasteiger partial charge in [0.05, 0.1) is 6.07 Å². The Kier molecular flexibility index (Phi) is 6.22. The van der Waals surface area contributed by atoms with Crippen LogP contribution in [0.15, 0.2) is 0 Å². The molecule has 0 saturated carbocycles. The van der Waals surface area contributed by atoms with Gasteiger partial charge in [0.15, 0.2) is 0 Å². The van der Waals surface area contributed by atoms with Crippen molar-refractivity contribution < 1.29 is 4.79 Å². The van der Waals surface area contributed by atoms with Gasteiger partial charge in [0.1, 0.15) is 5.78 Å². The summed E-state index contributed by atoms with van der Waals surface area (Å²) in [5, 5.41) is 8.44. The SMILES string of the molecule is CCCC(CCC#N)C(=O)C(C)C. The van der Waals surface area contributed by atoms with Crippen LogP contribution in [0.25, 0.3) is 0 Å². The second-order valence-electron chi connectivity index (χ2n) is 3.74. The standard InChI is InChI=1S/C11H19NO/c1-4-6-10(7-5-8-12)11(13)9(2)3/h9-10H,4-7H2,1-3H3. The van der Waals surface area contributed by atoms with E-state index >= 15 is 0 Å². The average molecular weight is 181 g/mol. The van der Waals surface area contributed by atoms with Gasteiger partial charge >= 0.3 is 0 Å². The molecular weight excluding hydrogens is 162 g/mol. The van der Waals surface area contributed by atoms with Crippen molar-refractivity contribution in [1.29, 1.82) is 5.26 Å². The second-order valence-corrected chi connectivity index (χ2v) is 3.74. The summed E-state index contributed by atoms with van der Waals surface area (Å²) in [5.41, 5.74) is 0. The van der Waals surface area contributed by atoms with Crippen LogP contribution in [0, 0.1) is 23.2 Å². The minimum Gasteiger partial charge on any atom is -0.299 e. The largest absolute Gasteiger partial charge is 0.299 e.